The highest BCUT2D eigenvalue weighted by Gasteiger charge is 2.17. The van der Waals surface area contributed by atoms with Crippen LogP contribution in [0.1, 0.15) is 10.4 Å². The van der Waals surface area contributed by atoms with Crippen molar-refractivity contribution in [2.45, 2.75) is 4.83 Å². The zero-order chi connectivity index (χ0) is 36.4. The summed E-state index contributed by atoms with van der Waals surface area (Å²) in [4.78, 5) is 19.4. The van der Waals surface area contributed by atoms with Gasteiger partial charge in [-0.2, -0.15) is 0 Å². The van der Waals surface area contributed by atoms with Crippen LogP contribution in [0.25, 0.3) is 60.3 Å². The molecule has 10 heteroatoms. The fourth-order valence-corrected chi connectivity index (χ4v) is 10.3. The van der Waals surface area contributed by atoms with Crippen molar-refractivity contribution in [3.05, 3.63) is 163 Å². The first-order valence-corrected chi connectivity index (χ1v) is 20.1. The van der Waals surface area contributed by atoms with Crippen LogP contribution in [-0.2, 0) is 4.79 Å². The first kappa shape index (κ1) is 36.4. The molecule has 0 aliphatic heterocycles. The van der Waals surface area contributed by atoms with Crippen molar-refractivity contribution in [1.82, 2.24) is 14.4 Å². The van der Waals surface area contributed by atoms with E-state index in [4.69, 9.17) is 10.7 Å². The Hall–Kier alpha value is -3.93. The van der Waals surface area contributed by atoms with Gasteiger partial charge in [-0.25, -0.2) is 9.97 Å². The van der Waals surface area contributed by atoms with Crippen molar-refractivity contribution in [3.8, 4) is 11.3 Å². The monoisotopic (exact) mass is 998 g/mol. The molecule has 9 rings (SSSR count). The van der Waals surface area contributed by atoms with Crippen molar-refractivity contribution in [3.63, 3.8) is 0 Å². The fraction of sp³-hybridized carbons (Fsp3) is 0.0238. The van der Waals surface area contributed by atoms with Gasteiger partial charge in [0.2, 0.25) is 0 Å². The van der Waals surface area contributed by atoms with Crippen LogP contribution < -0.4 is 5.73 Å². The van der Waals surface area contributed by atoms with Crippen LogP contribution in [-0.4, -0.2) is 20.7 Å². The number of pyridine rings is 2. The summed E-state index contributed by atoms with van der Waals surface area (Å²) in [5.41, 5.74) is 12.1. The molecule has 52 heavy (non-hydrogen) atoms. The maximum absolute atomic E-state index is 10.5. The zero-order valence-corrected chi connectivity index (χ0v) is 35.1. The molecule has 1 atom stereocenters. The number of anilines is 1. The molecule has 3 aromatic heterocycles. The normalized spacial score (nSPS) is 11.6. The van der Waals surface area contributed by atoms with E-state index < -0.39 is 0 Å². The summed E-state index contributed by atoms with van der Waals surface area (Å²) in [7, 11) is 0. The number of nitrogens with two attached hydrogens (primary N) is 1. The van der Waals surface area contributed by atoms with Gasteiger partial charge in [0.05, 0.1) is 27.8 Å². The molecule has 0 saturated heterocycles. The molecular weight excluding hydrogens is 976 g/mol. The number of nitrogens with zero attached hydrogens (tertiary/aromatic N) is 3. The van der Waals surface area contributed by atoms with Gasteiger partial charge >= 0.3 is 0 Å². The Morgan fingerprint density at radius 2 is 1.08 bits per heavy atom. The summed E-state index contributed by atoms with van der Waals surface area (Å²) in [6, 6.07) is 44.9. The lowest BCUT2D eigenvalue weighted by atomic mass is 10.1. The third-order valence-electron chi connectivity index (χ3n) is 8.62. The topological polar surface area (TPSA) is 73.3 Å². The first-order valence-electron chi connectivity index (χ1n) is 16.1. The van der Waals surface area contributed by atoms with Crippen molar-refractivity contribution in [2.75, 3.05) is 5.73 Å². The number of para-hydroxylation sites is 2. The molecule has 9 aromatic rings. The molecule has 0 aliphatic carbocycles. The molecule has 0 amide bonds. The van der Waals surface area contributed by atoms with Gasteiger partial charge in [-0.3, -0.25) is 4.40 Å². The Bertz CT molecular complexity index is 2730. The van der Waals surface area contributed by atoms with E-state index in [1.165, 1.54) is 16.2 Å². The predicted molar refractivity (Wildman–Crippen MR) is 234 cm³/mol. The predicted octanol–water partition coefficient (Wildman–Crippen LogP) is 13.6. The third kappa shape index (κ3) is 7.07. The van der Waals surface area contributed by atoms with Crippen LogP contribution in [0.3, 0.4) is 0 Å². The molecule has 6 aromatic carbocycles. The van der Waals surface area contributed by atoms with Gasteiger partial charge in [-0.05, 0) is 47.2 Å². The number of nitrogen functional groups attached to an aromatic ring is 1. The van der Waals surface area contributed by atoms with Gasteiger partial charge in [0.15, 0.2) is 0 Å². The minimum absolute atomic E-state index is 0.262. The van der Waals surface area contributed by atoms with Gasteiger partial charge in [-0.1, -0.05) is 177 Å². The number of halogens is 5. The van der Waals surface area contributed by atoms with Crippen LogP contribution in [0.2, 0.25) is 0 Å². The summed E-state index contributed by atoms with van der Waals surface area (Å²) in [6.45, 7) is 0. The number of hydrogen-bond acceptors (Lipinski definition) is 4. The second-order valence-electron chi connectivity index (χ2n) is 11.7. The van der Waals surface area contributed by atoms with Gasteiger partial charge in [0, 0.05) is 50.6 Å². The van der Waals surface area contributed by atoms with E-state index in [0.29, 0.717) is 5.82 Å². The summed E-state index contributed by atoms with van der Waals surface area (Å²) in [5, 5.41) is 6.97. The first-order chi connectivity index (χ1) is 25.3. The molecule has 5 nitrogen and oxygen atoms in total. The minimum Gasteiger partial charge on any atom is -0.383 e. The van der Waals surface area contributed by atoms with Crippen molar-refractivity contribution in [1.29, 1.82) is 0 Å². The summed E-state index contributed by atoms with van der Waals surface area (Å²) in [5.74, 6) is 0.601. The number of imidazole rings is 1. The lowest BCUT2D eigenvalue weighted by Crippen LogP contribution is -1.94. The smallest absolute Gasteiger partial charge is 0.145 e. The van der Waals surface area contributed by atoms with E-state index in [1.807, 2.05) is 66.9 Å². The average molecular weight is 1000 g/mol. The Kier molecular flexibility index (Phi) is 11.2. The van der Waals surface area contributed by atoms with Crippen LogP contribution in [0.4, 0.5) is 5.82 Å². The standard InChI is InChI=1S/C21H12Br2N2.C13H10N2.C8H5Br3O/c22-16-9-5-10-17(23)20(16)19-12-24-21-15-8-2-1-6-13(15)14-7-3-4-11-18(14)25(19)21;14-13-11-7-2-1-5-9(11)10-6-3-4-8-12(10)15-13;9-5-2-1-3-6(10)8(5)7(11)4-12/h1-12H;1-8H,(H2,14,15);1-4,7H. The SMILES string of the molecule is Brc1cccc(Br)c1-c1cnc2c3ccccc3c3ccccc3n12.Nc1nc2ccccc2c2ccccc12.O=CC(Br)c1c(Br)cccc1Br. The van der Waals surface area contributed by atoms with E-state index in [2.05, 4.69) is 162 Å². The molecule has 0 spiro atoms. The van der Waals surface area contributed by atoms with E-state index >= 15 is 0 Å². The molecule has 0 saturated carbocycles. The third-order valence-corrected chi connectivity index (χ3v) is 12.0. The number of carbonyl (C=O) groups is 1. The van der Waals surface area contributed by atoms with Gasteiger partial charge in [-0.15, -0.1) is 0 Å². The van der Waals surface area contributed by atoms with Gasteiger partial charge in [0.25, 0.3) is 0 Å². The fourth-order valence-electron chi connectivity index (χ4n) is 6.29. The molecule has 0 radical (unpaired) electrons. The molecule has 1 unspecified atom stereocenters. The largest absolute Gasteiger partial charge is 0.383 e. The molecule has 0 fully saturated rings. The number of aldehydes is 1. The molecular formula is C42H27Br5N4O. The lowest BCUT2D eigenvalue weighted by Gasteiger charge is -2.12. The van der Waals surface area contributed by atoms with Crippen LogP contribution >= 0.6 is 79.6 Å². The average Bonchev–Trinajstić information content (AvgIpc) is 3.61. The van der Waals surface area contributed by atoms with Crippen molar-refractivity contribution in [2.24, 2.45) is 0 Å². The number of hydrogen-bond donors (Lipinski definition) is 1. The number of fused-ring (bicyclic) bond motifs is 9. The highest BCUT2D eigenvalue weighted by molar-refractivity contribution is 9.11. The molecule has 256 valence electrons. The number of rotatable bonds is 3. The number of alkyl halides is 1. The van der Waals surface area contributed by atoms with E-state index in [0.717, 1.165) is 73.8 Å². The number of carbonyl (C=O) groups excluding carboxylic acids is 1. The van der Waals surface area contributed by atoms with Crippen LogP contribution in [0, 0.1) is 0 Å². The van der Waals surface area contributed by atoms with E-state index in [9.17, 15) is 4.79 Å². The van der Waals surface area contributed by atoms with Crippen LogP contribution in [0.5, 0.6) is 0 Å². The van der Waals surface area contributed by atoms with E-state index in [-0.39, 0.29) is 4.83 Å². The zero-order valence-electron chi connectivity index (χ0n) is 27.2. The number of aromatic nitrogens is 3. The Morgan fingerprint density at radius 3 is 1.71 bits per heavy atom. The van der Waals surface area contributed by atoms with Gasteiger partial charge < -0.3 is 10.5 Å². The summed E-state index contributed by atoms with van der Waals surface area (Å²) < 4.78 is 6.18. The van der Waals surface area contributed by atoms with Crippen molar-refractivity contribution >= 4 is 141 Å². The minimum atomic E-state index is -0.262. The Labute approximate surface area is 341 Å². The van der Waals surface area contributed by atoms with E-state index in [1.54, 1.807) is 0 Å². The number of benzene rings is 6. The Balaban J connectivity index is 0.000000133. The Morgan fingerprint density at radius 1 is 0.577 bits per heavy atom. The molecule has 2 N–H and O–H groups in total. The van der Waals surface area contributed by atoms with Gasteiger partial charge in [0.1, 0.15) is 17.8 Å². The summed E-state index contributed by atoms with van der Waals surface area (Å²) in [6.07, 6.45) is 2.81. The molecule has 0 bridgehead atoms. The highest BCUT2D eigenvalue weighted by Crippen LogP contribution is 2.39. The van der Waals surface area contributed by atoms with Crippen molar-refractivity contribution < 1.29 is 4.79 Å². The molecule has 0 aliphatic rings. The molecule has 3 heterocycles. The lowest BCUT2D eigenvalue weighted by molar-refractivity contribution is -0.107. The summed E-state index contributed by atoms with van der Waals surface area (Å²) >= 11 is 17.4. The highest BCUT2D eigenvalue weighted by atomic mass is 79.9. The maximum Gasteiger partial charge on any atom is 0.145 e. The maximum atomic E-state index is 10.5. The quantitative estimate of drug-likeness (QED) is 0.109. The second kappa shape index (κ2) is 16.0. The second-order valence-corrected chi connectivity index (χ2v) is 16.1. The van der Waals surface area contributed by atoms with Crippen LogP contribution in [0.15, 0.2) is 158 Å².